The van der Waals surface area contributed by atoms with E-state index < -0.39 is 5.97 Å². The van der Waals surface area contributed by atoms with E-state index in [0.717, 1.165) is 16.7 Å². The van der Waals surface area contributed by atoms with Gasteiger partial charge < -0.3 is 14.2 Å². The molecule has 0 unspecified atom stereocenters. The second-order valence-electron chi connectivity index (χ2n) is 7.11. The standard InChI is InChI=1S/C25H19Cl2NO4/c1-15-6-8-16(9-7-15)24-28-21(25(29)32-24)12-17-4-3-5-22(30-2)23(17)31-14-18-10-11-19(26)13-20(18)27/h3-13H,14H2,1-2H3. The van der Waals surface area contributed by atoms with Crippen molar-refractivity contribution in [2.24, 2.45) is 4.99 Å². The number of rotatable bonds is 6. The highest BCUT2D eigenvalue weighted by molar-refractivity contribution is 6.35. The van der Waals surface area contributed by atoms with Crippen molar-refractivity contribution in [1.82, 2.24) is 0 Å². The summed E-state index contributed by atoms with van der Waals surface area (Å²) in [6.45, 7) is 2.17. The molecule has 1 aliphatic rings. The smallest absolute Gasteiger partial charge is 0.363 e. The van der Waals surface area contributed by atoms with Gasteiger partial charge in [-0.3, -0.25) is 0 Å². The molecule has 1 aliphatic heterocycles. The molecule has 162 valence electrons. The lowest BCUT2D eigenvalue weighted by atomic mass is 10.1. The average Bonchev–Trinajstić information content (AvgIpc) is 3.14. The van der Waals surface area contributed by atoms with Crippen LogP contribution in [0.1, 0.15) is 22.3 Å². The van der Waals surface area contributed by atoms with Gasteiger partial charge in [-0.2, -0.15) is 0 Å². The number of nitrogens with zero attached hydrogens (tertiary/aromatic N) is 1. The molecule has 5 nitrogen and oxygen atoms in total. The van der Waals surface area contributed by atoms with E-state index in [-0.39, 0.29) is 18.2 Å². The Hall–Kier alpha value is -3.28. The van der Waals surface area contributed by atoms with Crippen molar-refractivity contribution in [2.45, 2.75) is 13.5 Å². The van der Waals surface area contributed by atoms with E-state index in [1.54, 1.807) is 49.6 Å². The third-order valence-electron chi connectivity index (χ3n) is 4.83. The Morgan fingerprint density at radius 1 is 1.06 bits per heavy atom. The van der Waals surface area contributed by atoms with Crippen LogP contribution in [0.15, 0.2) is 71.4 Å². The first-order valence-electron chi connectivity index (χ1n) is 9.78. The van der Waals surface area contributed by atoms with E-state index in [2.05, 4.69) is 4.99 Å². The van der Waals surface area contributed by atoms with Gasteiger partial charge >= 0.3 is 5.97 Å². The van der Waals surface area contributed by atoms with Gasteiger partial charge in [0.1, 0.15) is 6.61 Å². The van der Waals surface area contributed by atoms with Crippen LogP contribution in [-0.4, -0.2) is 19.0 Å². The van der Waals surface area contributed by atoms with Crippen LogP contribution < -0.4 is 9.47 Å². The van der Waals surface area contributed by atoms with Crippen LogP contribution in [0.2, 0.25) is 10.0 Å². The first kappa shape index (κ1) is 21.9. The van der Waals surface area contributed by atoms with Crippen molar-refractivity contribution >= 4 is 41.1 Å². The number of carbonyl (C=O) groups excluding carboxylic acids is 1. The van der Waals surface area contributed by atoms with E-state index in [1.165, 1.54) is 0 Å². The molecule has 0 N–H and O–H groups in total. The Morgan fingerprint density at radius 2 is 1.84 bits per heavy atom. The number of halogens is 2. The van der Waals surface area contributed by atoms with Crippen molar-refractivity contribution in [3.05, 3.63) is 98.7 Å². The lowest BCUT2D eigenvalue weighted by molar-refractivity contribution is -0.129. The van der Waals surface area contributed by atoms with Gasteiger partial charge in [0.05, 0.1) is 7.11 Å². The van der Waals surface area contributed by atoms with E-state index in [4.69, 9.17) is 37.4 Å². The van der Waals surface area contributed by atoms with Gasteiger partial charge in [0.2, 0.25) is 5.90 Å². The number of cyclic esters (lactones) is 1. The van der Waals surface area contributed by atoms with Crippen LogP contribution in [0, 0.1) is 6.92 Å². The summed E-state index contributed by atoms with van der Waals surface area (Å²) >= 11 is 12.2. The highest BCUT2D eigenvalue weighted by Gasteiger charge is 2.25. The molecule has 0 saturated carbocycles. The fourth-order valence-electron chi connectivity index (χ4n) is 3.13. The number of aryl methyl sites for hydroxylation is 1. The van der Waals surface area contributed by atoms with Crippen LogP contribution in [0.5, 0.6) is 11.5 Å². The molecular weight excluding hydrogens is 449 g/mol. The summed E-state index contributed by atoms with van der Waals surface area (Å²) < 4.78 is 16.9. The van der Waals surface area contributed by atoms with E-state index >= 15 is 0 Å². The molecule has 0 spiro atoms. The summed E-state index contributed by atoms with van der Waals surface area (Å²) in [5, 5.41) is 1.04. The minimum absolute atomic E-state index is 0.170. The molecule has 3 aromatic carbocycles. The van der Waals surface area contributed by atoms with E-state index in [1.807, 2.05) is 31.2 Å². The maximum Gasteiger partial charge on any atom is 0.363 e. The number of methoxy groups -OCH3 is 1. The zero-order valence-corrected chi connectivity index (χ0v) is 18.9. The zero-order chi connectivity index (χ0) is 22.7. The zero-order valence-electron chi connectivity index (χ0n) is 17.4. The molecule has 32 heavy (non-hydrogen) atoms. The molecule has 0 bridgehead atoms. The van der Waals surface area contributed by atoms with Gasteiger partial charge in [-0.1, -0.05) is 59.1 Å². The van der Waals surface area contributed by atoms with Gasteiger partial charge in [-0.15, -0.1) is 0 Å². The molecule has 1 heterocycles. The number of benzene rings is 3. The van der Waals surface area contributed by atoms with Gasteiger partial charge in [-0.25, -0.2) is 9.79 Å². The summed E-state index contributed by atoms with van der Waals surface area (Å²) in [7, 11) is 1.55. The lowest BCUT2D eigenvalue weighted by Crippen LogP contribution is -2.05. The molecule has 0 atom stereocenters. The van der Waals surface area contributed by atoms with Gasteiger partial charge in [0.15, 0.2) is 17.2 Å². The Balaban J connectivity index is 1.65. The molecule has 0 aliphatic carbocycles. The molecule has 0 aromatic heterocycles. The second kappa shape index (κ2) is 9.47. The van der Waals surface area contributed by atoms with Crippen LogP contribution in [0.3, 0.4) is 0 Å². The monoisotopic (exact) mass is 467 g/mol. The lowest BCUT2D eigenvalue weighted by Gasteiger charge is -2.14. The normalized spacial score (nSPS) is 14.3. The quantitative estimate of drug-likeness (QED) is 0.318. The number of hydrogen-bond acceptors (Lipinski definition) is 5. The number of esters is 1. The average molecular weight is 468 g/mol. The fourth-order valence-corrected chi connectivity index (χ4v) is 3.59. The van der Waals surface area contributed by atoms with Crippen molar-refractivity contribution in [1.29, 1.82) is 0 Å². The van der Waals surface area contributed by atoms with Crippen molar-refractivity contribution in [2.75, 3.05) is 7.11 Å². The topological polar surface area (TPSA) is 57.1 Å². The number of hydrogen-bond donors (Lipinski definition) is 0. The third kappa shape index (κ3) is 4.79. The molecule has 0 radical (unpaired) electrons. The Bertz CT molecular complexity index is 1230. The number of para-hydroxylation sites is 1. The summed E-state index contributed by atoms with van der Waals surface area (Å²) in [5.74, 6) is 0.702. The van der Waals surface area contributed by atoms with Crippen molar-refractivity contribution in [3.8, 4) is 11.5 Å². The largest absolute Gasteiger partial charge is 0.493 e. The summed E-state index contributed by atoms with van der Waals surface area (Å²) in [4.78, 5) is 16.8. The SMILES string of the molecule is COc1cccc(C=C2N=C(c3ccc(C)cc3)OC2=O)c1OCc1ccc(Cl)cc1Cl. The van der Waals surface area contributed by atoms with Gasteiger partial charge in [-0.05, 0) is 43.3 Å². The molecule has 7 heteroatoms. The first-order chi connectivity index (χ1) is 15.4. The molecular formula is C25H19Cl2NO4. The second-order valence-corrected chi connectivity index (χ2v) is 7.95. The predicted octanol–water partition coefficient (Wildman–Crippen LogP) is 6.23. The summed E-state index contributed by atoms with van der Waals surface area (Å²) in [6, 6.07) is 18.2. The maximum atomic E-state index is 12.4. The van der Waals surface area contributed by atoms with Crippen LogP contribution in [-0.2, 0) is 16.1 Å². The highest BCUT2D eigenvalue weighted by atomic mass is 35.5. The van der Waals surface area contributed by atoms with Crippen molar-refractivity contribution in [3.63, 3.8) is 0 Å². The third-order valence-corrected chi connectivity index (χ3v) is 5.41. The Labute approximate surface area is 195 Å². The Kier molecular flexibility index (Phi) is 6.49. The first-order valence-corrected chi connectivity index (χ1v) is 10.5. The molecule has 0 amide bonds. The summed E-state index contributed by atoms with van der Waals surface area (Å²) in [6.07, 6.45) is 1.62. The number of aliphatic imine (C=N–C) groups is 1. The minimum Gasteiger partial charge on any atom is -0.493 e. The van der Waals surface area contributed by atoms with Crippen LogP contribution in [0.25, 0.3) is 6.08 Å². The number of ether oxygens (including phenoxy) is 3. The maximum absolute atomic E-state index is 12.4. The van der Waals surface area contributed by atoms with Crippen molar-refractivity contribution < 1.29 is 19.0 Å². The molecule has 4 rings (SSSR count). The fraction of sp³-hybridized carbons (Fsp3) is 0.120. The molecule has 0 fully saturated rings. The highest BCUT2D eigenvalue weighted by Crippen LogP contribution is 2.35. The van der Waals surface area contributed by atoms with Gasteiger partial charge in [0, 0.05) is 26.7 Å². The predicted molar refractivity (Wildman–Crippen MR) is 126 cm³/mol. The van der Waals surface area contributed by atoms with Crippen LogP contribution >= 0.6 is 23.2 Å². The molecule has 3 aromatic rings. The summed E-state index contributed by atoms with van der Waals surface area (Å²) in [5.41, 5.74) is 3.39. The number of carbonyl (C=O) groups is 1. The Morgan fingerprint density at radius 3 is 2.56 bits per heavy atom. The molecule has 0 saturated heterocycles. The van der Waals surface area contributed by atoms with Crippen LogP contribution in [0.4, 0.5) is 0 Å². The minimum atomic E-state index is -0.532. The van der Waals surface area contributed by atoms with E-state index in [9.17, 15) is 4.79 Å². The van der Waals surface area contributed by atoms with Gasteiger partial charge in [0.25, 0.3) is 0 Å². The van der Waals surface area contributed by atoms with E-state index in [0.29, 0.717) is 27.1 Å².